The van der Waals surface area contributed by atoms with Gasteiger partial charge in [-0.15, -0.1) is 0 Å². The molecule has 1 saturated carbocycles. The van der Waals surface area contributed by atoms with Crippen molar-refractivity contribution in [3.8, 4) is 0 Å². The molecule has 1 saturated heterocycles. The van der Waals surface area contributed by atoms with Crippen molar-refractivity contribution in [2.24, 2.45) is 5.92 Å². The molecule has 7 rings (SSSR count). The number of hydrogen-bond donors (Lipinski definition) is 1. The van der Waals surface area contributed by atoms with Gasteiger partial charge >= 0.3 is 0 Å². The number of benzene rings is 1. The fourth-order valence-electron chi connectivity index (χ4n) is 7.19. The number of allylic oxidation sites excluding steroid dienone is 3. The van der Waals surface area contributed by atoms with Crippen LogP contribution in [0, 0.1) is 5.92 Å². The molecule has 2 fully saturated rings. The number of aromatic nitrogens is 4. The highest BCUT2D eigenvalue weighted by molar-refractivity contribution is 7.91. The Balaban J connectivity index is 1.25. The number of aromatic amines is 1. The van der Waals surface area contributed by atoms with Crippen LogP contribution in [0.3, 0.4) is 0 Å². The number of halogens is 1. The molecule has 1 aliphatic heterocycles. The summed E-state index contributed by atoms with van der Waals surface area (Å²) in [5, 5.41) is 1.72. The van der Waals surface area contributed by atoms with Gasteiger partial charge in [0.1, 0.15) is 16.1 Å². The van der Waals surface area contributed by atoms with E-state index in [2.05, 4.69) is 20.9 Å². The number of rotatable bonds is 5. The van der Waals surface area contributed by atoms with E-state index in [9.17, 15) is 13.2 Å². The number of nitrogens with zero attached hydrogens (tertiary/aromatic N) is 4. The second-order valence-corrected chi connectivity index (χ2v) is 15.0. The van der Waals surface area contributed by atoms with Crippen LogP contribution in [0.15, 0.2) is 65.2 Å². The lowest BCUT2D eigenvalue weighted by molar-refractivity contribution is 0.0674. The Labute approximate surface area is 261 Å². The van der Waals surface area contributed by atoms with Gasteiger partial charge in [0.2, 0.25) is 15.3 Å². The standard InChI is InChI=1S/C33H36ClN5O4S/c1-21-18-25(10-13-33(21,2)44(41,42)39-15-12-23-11-14-35-31(40)29(23)39)24-8-9-27-26(19-24)30(37-32(34)36-27)38-16-17-43-20-28(38)22-6-4-3-5-7-22/h8-12,14-15,18-19,22,28H,3-7,13,16-17,20H2,1-2H3,(H,35,40)/t28?,33-/m0/s1. The zero-order valence-electron chi connectivity index (χ0n) is 24.9. The molecular weight excluding hydrogens is 598 g/mol. The fraction of sp³-hybridized carbons (Fsp3) is 0.424. The van der Waals surface area contributed by atoms with Gasteiger partial charge in [-0.1, -0.05) is 37.5 Å². The zero-order valence-corrected chi connectivity index (χ0v) is 26.5. The maximum atomic E-state index is 14.1. The van der Waals surface area contributed by atoms with E-state index >= 15 is 0 Å². The van der Waals surface area contributed by atoms with Crippen LogP contribution in [0.2, 0.25) is 5.28 Å². The van der Waals surface area contributed by atoms with Gasteiger partial charge in [0.05, 0.1) is 24.8 Å². The van der Waals surface area contributed by atoms with E-state index in [0.29, 0.717) is 30.1 Å². The van der Waals surface area contributed by atoms with Crippen LogP contribution in [-0.2, 0) is 14.8 Å². The summed E-state index contributed by atoms with van der Waals surface area (Å²) < 4.78 is 34.0. The number of H-pyrrole nitrogens is 1. The molecule has 4 heterocycles. The molecule has 3 aromatic heterocycles. The second-order valence-electron chi connectivity index (χ2n) is 12.4. The molecule has 0 bridgehead atoms. The number of morpholine rings is 1. The van der Waals surface area contributed by atoms with Gasteiger partial charge in [-0.2, -0.15) is 4.98 Å². The van der Waals surface area contributed by atoms with Crippen molar-refractivity contribution < 1.29 is 13.2 Å². The van der Waals surface area contributed by atoms with Gasteiger partial charge in [-0.05, 0) is 91.6 Å². The van der Waals surface area contributed by atoms with Crippen molar-refractivity contribution in [3.63, 3.8) is 0 Å². The van der Waals surface area contributed by atoms with Gasteiger partial charge in [-0.3, -0.25) is 4.79 Å². The Kier molecular flexibility index (Phi) is 7.42. The third kappa shape index (κ3) is 4.78. The van der Waals surface area contributed by atoms with Gasteiger partial charge in [0.15, 0.2) is 0 Å². The fourth-order valence-corrected chi connectivity index (χ4v) is 9.20. The summed E-state index contributed by atoms with van der Waals surface area (Å²) in [6.45, 7) is 5.62. The molecule has 0 spiro atoms. The second kappa shape index (κ2) is 11.2. The van der Waals surface area contributed by atoms with Gasteiger partial charge in [-0.25, -0.2) is 17.4 Å². The third-order valence-electron chi connectivity index (χ3n) is 9.93. The molecular formula is C33H36ClN5O4S. The monoisotopic (exact) mass is 633 g/mol. The van der Waals surface area contributed by atoms with Crippen LogP contribution in [0.4, 0.5) is 5.82 Å². The van der Waals surface area contributed by atoms with Crippen LogP contribution in [-0.4, -0.2) is 57.9 Å². The Morgan fingerprint density at radius 3 is 2.73 bits per heavy atom. The molecule has 0 radical (unpaired) electrons. The van der Waals surface area contributed by atoms with Gasteiger partial charge in [0, 0.05) is 29.7 Å². The largest absolute Gasteiger partial charge is 0.377 e. The summed E-state index contributed by atoms with van der Waals surface area (Å²) >= 11 is 6.47. The lowest BCUT2D eigenvalue weighted by atomic mass is 9.83. The molecule has 11 heteroatoms. The molecule has 1 aromatic carbocycles. The minimum absolute atomic E-state index is 0.131. The van der Waals surface area contributed by atoms with Crippen molar-refractivity contribution >= 4 is 54.8 Å². The number of nitrogens with one attached hydrogen (secondary N) is 1. The molecule has 3 aliphatic rings. The van der Waals surface area contributed by atoms with Crippen molar-refractivity contribution in [2.45, 2.75) is 63.2 Å². The summed E-state index contributed by atoms with van der Waals surface area (Å²) in [4.78, 5) is 26.9. The number of ether oxygens (including phenoxy) is 1. The first-order chi connectivity index (χ1) is 21.2. The van der Waals surface area contributed by atoms with Crippen LogP contribution in [0.1, 0.15) is 57.9 Å². The summed E-state index contributed by atoms with van der Waals surface area (Å²) in [7, 11) is -3.97. The average molecular weight is 634 g/mol. The number of anilines is 1. The first-order valence-electron chi connectivity index (χ1n) is 15.3. The van der Waals surface area contributed by atoms with E-state index in [1.54, 1.807) is 19.1 Å². The summed E-state index contributed by atoms with van der Waals surface area (Å²) in [5.41, 5.74) is 3.04. The van der Waals surface area contributed by atoms with E-state index in [-0.39, 0.29) is 23.3 Å². The molecule has 4 aromatic rings. The smallest absolute Gasteiger partial charge is 0.273 e. The molecule has 1 N–H and O–H groups in total. The number of pyridine rings is 1. The van der Waals surface area contributed by atoms with E-state index in [1.165, 1.54) is 44.5 Å². The highest BCUT2D eigenvalue weighted by Crippen LogP contribution is 2.41. The van der Waals surface area contributed by atoms with Crippen LogP contribution in [0.5, 0.6) is 0 Å². The Morgan fingerprint density at radius 2 is 1.93 bits per heavy atom. The Hall–Kier alpha value is -3.47. The van der Waals surface area contributed by atoms with Crippen molar-refractivity contribution in [2.75, 3.05) is 24.7 Å². The maximum absolute atomic E-state index is 14.1. The third-order valence-corrected chi connectivity index (χ3v) is 12.6. The van der Waals surface area contributed by atoms with E-state index < -0.39 is 20.3 Å². The van der Waals surface area contributed by atoms with E-state index in [1.807, 2.05) is 31.2 Å². The molecule has 9 nitrogen and oxygen atoms in total. The average Bonchev–Trinajstić information content (AvgIpc) is 3.49. The topological polar surface area (TPSA) is 110 Å². The molecule has 2 aliphatic carbocycles. The van der Waals surface area contributed by atoms with Crippen molar-refractivity contribution in [3.05, 3.63) is 81.7 Å². The minimum atomic E-state index is -3.97. The molecule has 2 atom stereocenters. The van der Waals surface area contributed by atoms with E-state index in [0.717, 1.165) is 38.4 Å². The molecule has 1 unspecified atom stereocenters. The highest BCUT2D eigenvalue weighted by atomic mass is 35.5. The maximum Gasteiger partial charge on any atom is 0.273 e. The van der Waals surface area contributed by atoms with Crippen molar-refractivity contribution in [1.29, 1.82) is 0 Å². The van der Waals surface area contributed by atoms with Crippen LogP contribution < -0.4 is 10.5 Å². The quantitative estimate of drug-likeness (QED) is 0.265. The summed E-state index contributed by atoms with van der Waals surface area (Å²) in [5.74, 6) is 1.38. The van der Waals surface area contributed by atoms with E-state index in [4.69, 9.17) is 21.3 Å². The minimum Gasteiger partial charge on any atom is -0.377 e. The normalized spacial score (nSPS) is 23.6. The predicted molar refractivity (Wildman–Crippen MR) is 175 cm³/mol. The highest BCUT2D eigenvalue weighted by Gasteiger charge is 2.43. The summed E-state index contributed by atoms with van der Waals surface area (Å²) in [6, 6.07) is 9.65. The first-order valence-corrected chi connectivity index (χ1v) is 17.1. The number of fused-ring (bicyclic) bond motifs is 2. The SMILES string of the molecule is CC1=CC(c2ccc3nc(Cl)nc(N4CCOCC4C4CCCCC4)c3c2)=CC[C@]1(C)S(=O)(=O)n1ccc2cc[nH]c(=O)c21. The first kappa shape index (κ1) is 29.3. The lowest BCUT2D eigenvalue weighted by Gasteiger charge is -2.42. The van der Waals surface area contributed by atoms with Crippen molar-refractivity contribution in [1.82, 2.24) is 18.9 Å². The van der Waals surface area contributed by atoms with Gasteiger partial charge in [0.25, 0.3) is 5.56 Å². The van der Waals surface area contributed by atoms with Crippen LogP contribution in [0.25, 0.3) is 27.4 Å². The Morgan fingerprint density at radius 1 is 1.11 bits per heavy atom. The van der Waals surface area contributed by atoms with Gasteiger partial charge < -0.3 is 14.6 Å². The van der Waals surface area contributed by atoms with Crippen LogP contribution >= 0.6 is 11.6 Å². The molecule has 44 heavy (non-hydrogen) atoms. The Bertz CT molecular complexity index is 1990. The molecule has 0 amide bonds. The number of hydrogen-bond acceptors (Lipinski definition) is 7. The lowest BCUT2D eigenvalue weighted by Crippen LogP contribution is -2.50. The predicted octanol–water partition coefficient (Wildman–Crippen LogP) is 6.08. The summed E-state index contributed by atoms with van der Waals surface area (Å²) in [6.07, 6.45) is 13.3. The molecule has 230 valence electrons. The zero-order chi connectivity index (χ0) is 30.6.